The van der Waals surface area contributed by atoms with Crippen LogP contribution >= 0.6 is 0 Å². The lowest BCUT2D eigenvalue weighted by Gasteiger charge is -2.22. The number of nitrogens with zero attached hydrogens (tertiary/aromatic N) is 1. The van der Waals surface area contributed by atoms with Crippen LogP contribution in [0.4, 0.5) is 0 Å². The zero-order valence-electron chi connectivity index (χ0n) is 15.1. The molecule has 2 aromatic rings. The van der Waals surface area contributed by atoms with Gasteiger partial charge in [0.1, 0.15) is 5.75 Å². The van der Waals surface area contributed by atoms with Gasteiger partial charge in [0.05, 0.1) is 12.8 Å². The van der Waals surface area contributed by atoms with Crippen LogP contribution in [0, 0.1) is 0 Å². The fourth-order valence-electron chi connectivity index (χ4n) is 2.56. The van der Waals surface area contributed by atoms with Crippen LogP contribution in [0.15, 0.2) is 66.4 Å². The Hall–Kier alpha value is -2.81. The van der Waals surface area contributed by atoms with Crippen LogP contribution < -0.4 is 4.74 Å². The third kappa shape index (κ3) is 5.35. The molecule has 130 valence electrons. The minimum atomic E-state index is 0.00312. The highest BCUT2D eigenvalue weighted by atomic mass is 16.5. The first-order valence-electron chi connectivity index (χ1n) is 8.56. The number of allylic oxidation sites excluding steroid dienone is 1. The Bertz CT molecular complexity index is 726. The second-order valence-electron chi connectivity index (χ2n) is 5.58. The maximum Gasteiger partial charge on any atom is 0.201 e. The second-order valence-corrected chi connectivity index (χ2v) is 5.58. The summed E-state index contributed by atoms with van der Waals surface area (Å²) in [6.07, 6.45) is 5.42. The first-order chi connectivity index (χ1) is 12.2. The minimum absolute atomic E-state index is 0.00312. The predicted octanol–water partition coefficient (Wildman–Crippen LogP) is 4.66. The standard InChI is InChI=1S/C22H25NO2/c1-4-23(5-2)21(17-19-9-7-6-8-10-19)22(24)16-13-18-11-14-20(25-3)15-12-18/h6-17H,4-5H2,1-3H3. The summed E-state index contributed by atoms with van der Waals surface area (Å²) < 4.78 is 5.15. The molecule has 0 bridgehead atoms. The van der Waals surface area contributed by atoms with E-state index in [2.05, 4.69) is 18.7 Å². The summed E-state index contributed by atoms with van der Waals surface area (Å²) >= 11 is 0. The Morgan fingerprint density at radius 1 is 0.960 bits per heavy atom. The summed E-state index contributed by atoms with van der Waals surface area (Å²) in [5.74, 6) is 0.805. The minimum Gasteiger partial charge on any atom is -0.497 e. The highest BCUT2D eigenvalue weighted by molar-refractivity contribution is 6.08. The van der Waals surface area contributed by atoms with Gasteiger partial charge in [0.15, 0.2) is 0 Å². The summed E-state index contributed by atoms with van der Waals surface area (Å²) in [7, 11) is 1.64. The van der Waals surface area contributed by atoms with Gasteiger partial charge < -0.3 is 9.64 Å². The number of hydrogen-bond donors (Lipinski definition) is 0. The fraction of sp³-hybridized carbons (Fsp3) is 0.227. The lowest BCUT2D eigenvalue weighted by molar-refractivity contribution is -0.112. The molecule has 0 radical (unpaired) electrons. The molecule has 0 heterocycles. The second kappa shape index (κ2) is 9.48. The summed E-state index contributed by atoms with van der Waals surface area (Å²) in [5, 5.41) is 0. The topological polar surface area (TPSA) is 29.5 Å². The van der Waals surface area contributed by atoms with Crippen LogP contribution in [0.25, 0.3) is 12.2 Å². The average molecular weight is 335 g/mol. The van der Waals surface area contributed by atoms with E-state index in [-0.39, 0.29) is 5.78 Å². The van der Waals surface area contributed by atoms with Crippen molar-refractivity contribution in [3.8, 4) is 5.75 Å². The van der Waals surface area contributed by atoms with Gasteiger partial charge in [-0.05, 0) is 49.3 Å². The van der Waals surface area contributed by atoms with Gasteiger partial charge in [-0.2, -0.15) is 0 Å². The van der Waals surface area contributed by atoms with Crippen LogP contribution in [-0.2, 0) is 4.79 Å². The first kappa shape index (κ1) is 18.5. The average Bonchev–Trinajstić information content (AvgIpc) is 2.67. The number of benzene rings is 2. The Kier molecular flexibility index (Phi) is 7.02. The van der Waals surface area contributed by atoms with E-state index in [1.165, 1.54) is 0 Å². The molecule has 2 rings (SSSR count). The van der Waals surface area contributed by atoms with Crippen molar-refractivity contribution in [1.82, 2.24) is 4.90 Å². The van der Waals surface area contributed by atoms with Gasteiger partial charge in [-0.3, -0.25) is 4.79 Å². The number of rotatable bonds is 8. The van der Waals surface area contributed by atoms with Gasteiger partial charge in [0.25, 0.3) is 0 Å². The van der Waals surface area contributed by atoms with Gasteiger partial charge in [-0.25, -0.2) is 0 Å². The van der Waals surface area contributed by atoms with Crippen molar-refractivity contribution in [3.05, 3.63) is 77.5 Å². The number of methoxy groups -OCH3 is 1. The molecule has 0 N–H and O–H groups in total. The number of ketones is 1. The normalized spacial score (nSPS) is 11.6. The molecule has 2 aromatic carbocycles. The molecule has 0 spiro atoms. The molecule has 0 saturated carbocycles. The van der Waals surface area contributed by atoms with E-state index in [0.717, 1.165) is 30.0 Å². The van der Waals surface area contributed by atoms with Crippen LogP contribution in [0.5, 0.6) is 5.75 Å². The van der Waals surface area contributed by atoms with E-state index in [4.69, 9.17) is 4.74 Å². The van der Waals surface area contributed by atoms with Crippen LogP contribution in [0.1, 0.15) is 25.0 Å². The molecular weight excluding hydrogens is 310 g/mol. The molecule has 0 fully saturated rings. The fourth-order valence-corrected chi connectivity index (χ4v) is 2.56. The molecule has 0 aromatic heterocycles. The van der Waals surface area contributed by atoms with Gasteiger partial charge in [-0.1, -0.05) is 48.5 Å². The number of likely N-dealkylation sites (N-methyl/N-ethyl adjacent to an activating group) is 1. The van der Waals surface area contributed by atoms with Crippen molar-refractivity contribution in [2.45, 2.75) is 13.8 Å². The quantitative estimate of drug-likeness (QED) is 0.657. The van der Waals surface area contributed by atoms with Crippen molar-refractivity contribution in [2.24, 2.45) is 0 Å². The predicted molar refractivity (Wildman–Crippen MR) is 104 cm³/mol. The van der Waals surface area contributed by atoms with E-state index < -0.39 is 0 Å². The molecular formula is C22H25NO2. The van der Waals surface area contributed by atoms with Crippen molar-refractivity contribution >= 4 is 17.9 Å². The molecule has 0 aliphatic rings. The smallest absolute Gasteiger partial charge is 0.201 e. The van der Waals surface area contributed by atoms with Crippen LogP contribution in [0.3, 0.4) is 0 Å². The van der Waals surface area contributed by atoms with Gasteiger partial charge in [-0.15, -0.1) is 0 Å². The van der Waals surface area contributed by atoms with Crippen molar-refractivity contribution in [3.63, 3.8) is 0 Å². The zero-order chi connectivity index (χ0) is 18.1. The van der Waals surface area contributed by atoms with Crippen molar-refractivity contribution in [1.29, 1.82) is 0 Å². The highest BCUT2D eigenvalue weighted by Gasteiger charge is 2.12. The SMILES string of the molecule is CCN(CC)C(=Cc1ccccc1)C(=O)C=Cc1ccc(OC)cc1. The van der Waals surface area contributed by atoms with Gasteiger partial charge in [0, 0.05) is 13.1 Å². The van der Waals surface area contributed by atoms with Crippen LogP contribution in [-0.4, -0.2) is 30.9 Å². The van der Waals surface area contributed by atoms with E-state index >= 15 is 0 Å². The third-order valence-electron chi connectivity index (χ3n) is 4.00. The molecule has 25 heavy (non-hydrogen) atoms. The van der Waals surface area contributed by atoms with E-state index in [1.54, 1.807) is 13.2 Å². The lowest BCUT2D eigenvalue weighted by Crippen LogP contribution is -2.26. The van der Waals surface area contributed by atoms with Gasteiger partial charge in [0.2, 0.25) is 5.78 Å². The van der Waals surface area contributed by atoms with Gasteiger partial charge >= 0.3 is 0 Å². The number of carbonyl (C=O) groups is 1. The van der Waals surface area contributed by atoms with E-state index in [9.17, 15) is 4.79 Å². The summed E-state index contributed by atoms with van der Waals surface area (Å²) in [4.78, 5) is 14.9. The summed E-state index contributed by atoms with van der Waals surface area (Å²) in [5.41, 5.74) is 2.70. The van der Waals surface area contributed by atoms with E-state index in [1.807, 2.05) is 66.7 Å². The molecule has 0 amide bonds. The molecule has 0 saturated heterocycles. The number of carbonyl (C=O) groups excluding carboxylic acids is 1. The Balaban J connectivity index is 2.25. The van der Waals surface area contributed by atoms with Crippen molar-refractivity contribution < 1.29 is 9.53 Å². The molecule has 0 aliphatic heterocycles. The maximum atomic E-state index is 12.8. The summed E-state index contributed by atoms with van der Waals surface area (Å²) in [6, 6.07) is 17.6. The monoisotopic (exact) mass is 335 g/mol. The molecule has 3 nitrogen and oxygen atoms in total. The van der Waals surface area contributed by atoms with E-state index in [0.29, 0.717) is 5.70 Å². The summed E-state index contributed by atoms with van der Waals surface area (Å²) in [6.45, 7) is 5.69. The molecule has 0 aliphatic carbocycles. The largest absolute Gasteiger partial charge is 0.497 e. The lowest BCUT2D eigenvalue weighted by atomic mass is 10.1. The Morgan fingerprint density at radius 3 is 2.16 bits per heavy atom. The first-order valence-corrected chi connectivity index (χ1v) is 8.56. The Labute approximate surface area is 150 Å². The number of ether oxygens (including phenoxy) is 1. The highest BCUT2D eigenvalue weighted by Crippen LogP contribution is 2.15. The van der Waals surface area contributed by atoms with Crippen molar-refractivity contribution in [2.75, 3.05) is 20.2 Å². The maximum absolute atomic E-state index is 12.8. The molecule has 0 atom stereocenters. The Morgan fingerprint density at radius 2 is 1.60 bits per heavy atom. The molecule has 3 heteroatoms. The zero-order valence-corrected chi connectivity index (χ0v) is 15.1. The number of hydrogen-bond acceptors (Lipinski definition) is 3. The molecule has 0 unspecified atom stereocenters. The van der Waals surface area contributed by atoms with Crippen LogP contribution in [0.2, 0.25) is 0 Å². The third-order valence-corrected chi connectivity index (χ3v) is 4.00.